The molecule has 0 saturated carbocycles. The Hall–Kier alpha value is -1.41. The van der Waals surface area contributed by atoms with E-state index >= 15 is 0 Å². The number of ether oxygens (including phenoxy) is 1. The summed E-state index contributed by atoms with van der Waals surface area (Å²) in [5.41, 5.74) is 1.37. The first-order valence-corrected chi connectivity index (χ1v) is 11.9. The van der Waals surface area contributed by atoms with Gasteiger partial charge >= 0.3 is 0 Å². The fourth-order valence-corrected chi connectivity index (χ4v) is 5.55. The maximum absolute atomic E-state index is 5.39. The molecular weight excluding hydrogens is 394 g/mol. The Morgan fingerprint density at radius 3 is 2.60 bits per heavy atom. The number of para-hydroxylation sites is 1. The fourth-order valence-electron chi connectivity index (χ4n) is 5.37. The third kappa shape index (κ3) is 5.63. The van der Waals surface area contributed by atoms with Gasteiger partial charge in [0.05, 0.1) is 6.61 Å². The van der Waals surface area contributed by atoms with Crippen molar-refractivity contribution < 1.29 is 4.74 Å². The predicted molar refractivity (Wildman–Crippen MR) is 127 cm³/mol. The Morgan fingerprint density at radius 2 is 1.90 bits per heavy atom. The van der Waals surface area contributed by atoms with E-state index in [1.54, 1.807) is 7.11 Å². The Kier molecular flexibility index (Phi) is 7.82. The van der Waals surface area contributed by atoms with Crippen molar-refractivity contribution in [2.45, 2.75) is 18.9 Å². The minimum atomic E-state index is 0.622. The molecular formula is C23H37N5OS. The smallest absolute Gasteiger partial charge is 0.166 e. The zero-order chi connectivity index (χ0) is 20.8. The lowest BCUT2D eigenvalue weighted by Crippen LogP contribution is -2.59. The van der Waals surface area contributed by atoms with Gasteiger partial charge in [-0.1, -0.05) is 18.2 Å². The van der Waals surface area contributed by atoms with E-state index < -0.39 is 0 Å². The minimum Gasteiger partial charge on any atom is -0.383 e. The van der Waals surface area contributed by atoms with Crippen LogP contribution < -0.4 is 15.5 Å². The molecule has 4 aliphatic heterocycles. The van der Waals surface area contributed by atoms with Crippen LogP contribution in [0.2, 0.25) is 0 Å². The largest absolute Gasteiger partial charge is 0.383 e. The van der Waals surface area contributed by atoms with Gasteiger partial charge in [-0.3, -0.25) is 9.80 Å². The molecule has 6 nitrogen and oxygen atoms in total. The molecule has 0 aromatic heterocycles. The van der Waals surface area contributed by atoms with Crippen LogP contribution in [0, 0.1) is 11.8 Å². The van der Waals surface area contributed by atoms with Crippen LogP contribution in [0.1, 0.15) is 12.8 Å². The van der Waals surface area contributed by atoms with Gasteiger partial charge in [-0.05, 0) is 55.6 Å². The topological polar surface area (TPSA) is 43.0 Å². The van der Waals surface area contributed by atoms with Gasteiger partial charge < -0.3 is 20.3 Å². The Labute approximate surface area is 186 Å². The highest BCUT2D eigenvalue weighted by Gasteiger charge is 2.40. The molecule has 4 unspecified atom stereocenters. The molecule has 166 valence electrons. The monoisotopic (exact) mass is 431 g/mol. The highest BCUT2D eigenvalue weighted by Crippen LogP contribution is 2.36. The second kappa shape index (κ2) is 10.8. The van der Waals surface area contributed by atoms with Gasteiger partial charge in [-0.2, -0.15) is 0 Å². The van der Waals surface area contributed by atoms with E-state index in [2.05, 4.69) is 55.7 Å². The summed E-state index contributed by atoms with van der Waals surface area (Å²) >= 11 is 5.39. The molecule has 5 rings (SSSR count). The van der Waals surface area contributed by atoms with Crippen molar-refractivity contribution in [3.63, 3.8) is 0 Å². The van der Waals surface area contributed by atoms with Gasteiger partial charge in [0.25, 0.3) is 0 Å². The Morgan fingerprint density at radius 1 is 1.10 bits per heavy atom. The number of methoxy groups -OCH3 is 1. The average Bonchev–Trinajstić information content (AvgIpc) is 2.80. The maximum Gasteiger partial charge on any atom is 0.166 e. The lowest BCUT2D eigenvalue weighted by atomic mass is 9.75. The number of piperidine rings is 3. The summed E-state index contributed by atoms with van der Waals surface area (Å²) in [5.74, 6) is 1.69. The highest BCUT2D eigenvalue weighted by molar-refractivity contribution is 7.80. The van der Waals surface area contributed by atoms with E-state index in [1.807, 2.05) is 0 Å². The van der Waals surface area contributed by atoms with E-state index in [-0.39, 0.29) is 0 Å². The first-order chi connectivity index (χ1) is 14.7. The summed E-state index contributed by atoms with van der Waals surface area (Å²) in [6, 6.07) is 11.5. The average molecular weight is 432 g/mol. The van der Waals surface area contributed by atoms with E-state index in [1.165, 1.54) is 51.3 Å². The number of benzene rings is 1. The van der Waals surface area contributed by atoms with Gasteiger partial charge in [0.15, 0.2) is 5.11 Å². The van der Waals surface area contributed by atoms with Crippen LogP contribution in [-0.4, -0.2) is 93.6 Å². The zero-order valence-corrected chi connectivity index (χ0v) is 19.1. The SMILES string of the molecule is COCCNC(=S)NCC1CC2CCN1CC2CN1CCN(c2ccccc2)CC1. The van der Waals surface area contributed by atoms with Crippen molar-refractivity contribution >= 4 is 23.0 Å². The number of rotatable bonds is 8. The van der Waals surface area contributed by atoms with Gasteiger partial charge in [-0.25, -0.2) is 0 Å². The van der Waals surface area contributed by atoms with E-state index in [0.717, 1.165) is 43.1 Å². The van der Waals surface area contributed by atoms with Crippen molar-refractivity contribution in [3.05, 3.63) is 30.3 Å². The van der Waals surface area contributed by atoms with E-state index in [9.17, 15) is 0 Å². The maximum atomic E-state index is 5.39. The molecule has 7 heteroatoms. The second-order valence-corrected chi connectivity index (χ2v) is 9.35. The lowest BCUT2D eigenvalue weighted by molar-refractivity contribution is -0.0110. The van der Waals surface area contributed by atoms with Crippen LogP contribution >= 0.6 is 12.2 Å². The molecule has 30 heavy (non-hydrogen) atoms. The van der Waals surface area contributed by atoms with E-state index in [4.69, 9.17) is 17.0 Å². The highest BCUT2D eigenvalue weighted by atomic mass is 32.1. The van der Waals surface area contributed by atoms with Crippen molar-refractivity contribution in [1.29, 1.82) is 0 Å². The zero-order valence-electron chi connectivity index (χ0n) is 18.3. The molecule has 1 aromatic carbocycles. The molecule has 4 atom stereocenters. The quantitative estimate of drug-likeness (QED) is 0.479. The summed E-state index contributed by atoms with van der Waals surface area (Å²) in [6.07, 6.45) is 2.67. The molecule has 4 saturated heterocycles. The molecule has 0 radical (unpaired) electrons. The normalized spacial score (nSPS) is 29.0. The van der Waals surface area contributed by atoms with Gasteiger partial charge in [0, 0.05) is 71.2 Å². The summed E-state index contributed by atoms with van der Waals surface area (Å²) < 4.78 is 5.06. The third-order valence-electron chi connectivity index (χ3n) is 7.09. The Balaban J connectivity index is 1.19. The number of fused-ring (bicyclic) bond motifs is 3. The van der Waals surface area contributed by atoms with Crippen LogP contribution in [0.15, 0.2) is 30.3 Å². The van der Waals surface area contributed by atoms with Gasteiger partial charge in [0.1, 0.15) is 0 Å². The number of nitrogens with one attached hydrogen (secondary N) is 2. The predicted octanol–water partition coefficient (Wildman–Crippen LogP) is 1.63. The summed E-state index contributed by atoms with van der Waals surface area (Å²) in [7, 11) is 1.71. The minimum absolute atomic E-state index is 0.622. The number of thiocarbonyl (C=S) groups is 1. The number of hydrogen-bond acceptors (Lipinski definition) is 5. The Bertz CT molecular complexity index is 667. The van der Waals surface area contributed by atoms with Gasteiger partial charge in [-0.15, -0.1) is 0 Å². The standard InChI is InChI=1S/C23H37N5OS/c1-29-14-8-24-23(30)25-16-22-15-19-7-9-28(22)18-20(19)17-26-10-12-27(13-11-26)21-5-3-2-4-6-21/h2-6,19-20,22H,7-18H2,1H3,(H2,24,25,30). The molecule has 2 bridgehead atoms. The van der Waals surface area contributed by atoms with Crippen molar-refractivity contribution in [2.24, 2.45) is 11.8 Å². The second-order valence-electron chi connectivity index (χ2n) is 8.95. The van der Waals surface area contributed by atoms with Crippen LogP contribution in [0.4, 0.5) is 5.69 Å². The van der Waals surface area contributed by atoms with Crippen molar-refractivity contribution in [1.82, 2.24) is 20.4 Å². The fraction of sp³-hybridized carbons (Fsp3) is 0.696. The number of hydrogen-bond donors (Lipinski definition) is 2. The molecule has 1 aromatic rings. The van der Waals surface area contributed by atoms with Crippen molar-refractivity contribution in [2.75, 3.05) is 77.5 Å². The van der Waals surface area contributed by atoms with Crippen LogP contribution in [0.5, 0.6) is 0 Å². The van der Waals surface area contributed by atoms with Crippen LogP contribution in [-0.2, 0) is 4.74 Å². The van der Waals surface area contributed by atoms with E-state index in [0.29, 0.717) is 12.6 Å². The third-order valence-corrected chi connectivity index (χ3v) is 7.38. The first-order valence-electron chi connectivity index (χ1n) is 11.5. The number of anilines is 1. The van der Waals surface area contributed by atoms with Crippen LogP contribution in [0.3, 0.4) is 0 Å². The van der Waals surface area contributed by atoms with Crippen molar-refractivity contribution in [3.8, 4) is 0 Å². The summed E-state index contributed by atoms with van der Waals surface area (Å²) in [4.78, 5) is 7.93. The number of nitrogens with zero attached hydrogens (tertiary/aromatic N) is 3. The molecule has 0 amide bonds. The molecule has 2 N–H and O–H groups in total. The lowest BCUT2D eigenvalue weighted by Gasteiger charge is -2.51. The molecule has 4 aliphatic rings. The molecule has 0 aliphatic carbocycles. The summed E-state index contributed by atoms with van der Waals surface area (Å²) in [5, 5.41) is 7.38. The first kappa shape index (κ1) is 21.8. The summed E-state index contributed by atoms with van der Waals surface area (Å²) in [6.45, 7) is 10.8. The molecule has 4 fully saturated rings. The molecule has 0 spiro atoms. The van der Waals surface area contributed by atoms with Gasteiger partial charge in [0.2, 0.25) is 0 Å². The van der Waals surface area contributed by atoms with Crippen LogP contribution in [0.25, 0.3) is 0 Å². The number of piperazine rings is 1. The molecule has 4 heterocycles.